The monoisotopic (exact) mass is 343 g/mol. The van der Waals surface area contributed by atoms with E-state index in [0.717, 1.165) is 4.88 Å². The van der Waals surface area contributed by atoms with Gasteiger partial charge in [-0.3, -0.25) is 14.9 Å². The number of thiophene rings is 1. The molecule has 0 aliphatic carbocycles. The summed E-state index contributed by atoms with van der Waals surface area (Å²) < 4.78 is 0. The zero-order valence-corrected chi connectivity index (χ0v) is 13.8. The minimum atomic E-state index is -0.258. The van der Waals surface area contributed by atoms with Gasteiger partial charge < -0.3 is 5.32 Å². The molecule has 23 heavy (non-hydrogen) atoms. The Hall–Kier alpha value is -2.51. The molecule has 0 aliphatic heterocycles. The second-order valence-electron chi connectivity index (χ2n) is 4.74. The van der Waals surface area contributed by atoms with Crippen LogP contribution < -0.4 is 10.6 Å². The molecule has 0 saturated heterocycles. The molecule has 0 aliphatic rings. The fourth-order valence-corrected chi connectivity index (χ4v) is 3.20. The number of hydrogen-bond donors (Lipinski definition) is 2. The molecule has 1 aromatic carbocycles. The van der Waals surface area contributed by atoms with E-state index in [-0.39, 0.29) is 11.8 Å². The van der Waals surface area contributed by atoms with Gasteiger partial charge >= 0.3 is 0 Å². The van der Waals surface area contributed by atoms with E-state index in [2.05, 4.69) is 15.6 Å². The van der Waals surface area contributed by atoms with Crippen molar-refractivity contribution in [3.8, 4) is 0 Å². The third kappa shape index (κ3) is 3.82. The van der Waals surface area contributed by atoms with Gasteiger partial charge in [0.05, 0.1) is 4.88 Å². The molecular formula is C16H13N3O2S2. The molecule has 2 aromatic heterocycles. The van der Waals surface area contributed by atoms with Crippen molar-refractivity contribution in [2.45, 2.75) is 6.92 Å². The van der Waals surface area contributed by atoms with Crippen molar-refractivity contribution in [2.75, 3.05) is 10.6 Å². The lowest BCUT2D eigenvalue weighted by Gasteiger charge is -2.06. The maximum atomic E-state index is 12.2. The second kappa shape index (κ2) is 6.72. The van der Waals surface area contributed by atoms with Crippen molar-refractivity contribution in [3.05, 3.63) is 63.3 Å². The van der Waals surface area contributed by atoms with Crippen LogP contribution >= 0.6 is 22.7 Å². The predicted molar refractivity (Wildman–Crippen MR) is 93.5 cm³/mol. The number of nitrogens with one attached hydrogen (secondary N) is 2. The van der Waals surface area contributed by atoms with Crippen LogP contribution in [-0.4, -0.2) is 16.8 Å². The number of aryl methyl sites for hydroxylation is 1. The molecule has 5 nitrogen and oxygen atoms in total. The van der Waals surface area contributed by atoms with E-state index < -0.39 is 0 Å². The topological polar surface area (TPSA) is 71.1 Å². The molecule has 0 saturated carbocycles. The molecule has 7 heteroatoms. The first-order valence-corrected chi connectivity index (χ1v) is 8.50. The van der Waals surface area contributed by atoms with Gasteiger partial charge in [0.15, 0.2) is 5.13 Å². The molecule has 0 fully saturated rings. The number of amides is 2. The molecule has 2 amide bonds. The maximum Gasteiger partial charge on any atom is 0.265 e. The Balaban J connectivity index is 1.71. The summed E-state index contributed by atoms with van der Waals surface area (Å²) in [5.74, 6) is -0.445. The molecule has 0 radical (unpaired) electrons. The van der Waals surface area contributed by atoms with Crippen LogP contribution in [-0.2, 0) is 0 Å². The summed E-state index contributed by atoms with van der Waals surface area (Å²) in [5, 5.41) is 7.93. The molecular weight excluding hydrogens is 330 g/mol. The zero-order valence-electron chi connectivity index (χ0n) is 12.2. The minimum absolute atomic E-state index is 0.187. The van der Waals surface area contributed by atoms with Crippen LogP contribution in [0.1, 0.15) is 24.9 Å². The largest absolute Gasteiger partial charge is 0.321 e. The second-order valence-corrected chi connectivity index (χ2v) is 6.92. The average Bonchev–Trinajstić information content (AvgIpc) is 3.19. The van der Waals surface area contributed by atoms with Gasteiger partial charge in [0.1, 0.15) is 0 Å². The van der Waals surface area contributed by atoms with Crippen LogP contribution in [0.2, 0.25) is 0 Å². The number of carbonyl (C=O) groups excluding carboxylic acids is 2. The normalized spacial score (nSPS) is 10.3. The van der Waals surface area contributed by atoms with E-state index in [1.807, 2.05) is 18.4 Å². The van der Waals surface area contributed by atoms with Crippen molar-refractivity contribution in [2.24, 2.45) is 0 Å². The van der Waals surface area contributed by atoms with E-state index >= 15 is 0 Å². The van der Waals surface area contributed by atoms with E-state index in [0.29, 0.717) is 21.3 Å². The summed E-state index contributed by atoms with van der Waals surface area (Å²) in [6.45, 7) is 1.92. The number of hydrogen-bond acceptors (Lipinski definition) is 5. The fourth-order valence-electron chi connectivity index (χ4n) is 1.92. The van der Waals surface area contributed by atoms with Crippen LogP contribution in [0.25, 0.3) is 0 Å². The molecule has 2 heterocycles. The Kier molecular flexibility index (Phi) is 4.50. The molecule has 3 aromatic rings. The number of benzene rings is 1. The van der Waals surface area contributed by atoms with Gasteiger partial charge in [-0.15, -0.1) is 22.7 Å². The summed E-state index contributed by atoms with van der Waals surface area (Å²) in [6, 6.07) is 10.4. The van der Waals surface area contributed by atoms with Crippen molar-refractivity contribution < 1.29 is 9.59 Å². The number of nitrogens with zero attached hydrogens (tertiary/aromatic N) is 1. The summed E-state index contributed by atoms with van der Waals surface area (Å²) in [7, 11) is 0. The molecule has 116 valence electrons. The molecule has 0 unspecified atom stereocenters. The molecule has 0 atom stereocenters. The van der Waals surface area contributed by atoms with Crippen LogP contribution in [0.5, 0.6) is 0 Å². The fraction of sp³-hybridized carbons (Fsp3) is 0.0625. The standard InChI is InChI=1S/C16H13N3O2S2/c1-10-9-17-16(23-10)19-14(20)11-4-2-5-12(8-11)18-15(21)13-6-3-7-22-13/h2-9H,1H3,(H,18,21)(H,17,19,20). The average molecular weight is 343 g/mol. The first-order chi connectivity index (χ1) is 11.1. The Morgan fingerprint density at radius 1 is 1.09 bits per heavy atom. The lowest BCUT2D eigenvalue weighted by molar-refractivity contribution is 0.101. The highest BCUT2D eigenvalue weighted by molar-refractivity contribution is 7.15. The van der Waals surface area contributed by atoms with Gasteiger partial charge in [-0.1, -0.05) is 12.1 Å². The van der Waals surface area contributed by atoms with Gasteiger partial charge in [0.2, 0.25) is 0 Å². The number of anilines is 2. The number of thiazole rings is 1. The molecule has 0 bridgehead atoms. The Bertz CT molecular complexity index is 841. The summed E-state index contributed by atoms with van der Waals surface area (Å²) in [6.07, 6.45) is 1.71. The first-order valence-electron chi connectivity index (χ1n) is 6.80. The van der Waals surface area contributed by atoms with Crippen molar-refractivity contribution in [1.82, 2.24) is 4.98 Å². The highest BCUT2D eigenvalue weighted by atomic mass is 32.1. The summed E-state index contributed by atoms with van der Waals surface area (Å²) in [5.41, 5.74) is 1.04. The van der Waals surface area contributed by atoms with Gasteiger partial charge in [-0.05, 0) is 36.6 Å². The third-order valence-electron chi connectivity index (χ3n) is 2.97. The van der Waals surface area contributed by atoms with Crippen LogP contribution in [0.3, 0.4) is 0 Å². The predicted octanol–water partition coefficient (Wildman–Crippen LogP) is 4.02. The summed E-state index contributed by atoms with van der Waals surface area (Å²) >= 11 is 2.78. The Morgan fingerprint density at radius 3 is 2.65 bits per heavy atom. The number of rotatable bonds is 4. The SMILES string of the molecule is Cc1cnc(NC(=O)c2cccc(NC(=O)c3cccs3)c2)s1. The van der Waals surface area contributed by atoms with Gasteiger partial charge in [-0.2, -0.15) is 0 Å². The van der Waals surface area contributed by atoms with Crippen LogP contribution in [0, 0.1) is 6.92 Å². The minimum Gasteiger partial charge on any atom is -0.321 e. The maximum absolute atomic E-state index is 12.2. The van der Waals surface area contributed by atoms with Crippen LogP contribution in [0.15, 0.2) is 48.0 Å². The highest BCUT2D eigenvalue weighted by Crippen LogP contribution is 2.19. The van der Waals surface area contributed by atoms with E-state index in [1.165, 1.54) is 22.7 Å². The van der Waals surface area contributed by atoms with Crippen molar-refractivity contribution in [1.29, 1.82) is 0 Å². The first kappa shape index (κ1) is 15.4. The van der Waals surface area contributed by atoms with E-state index in [9.17, 15) is 9.59 Å². The quantitative estimate of drug-likeness (QED) is 0.751. The zero-order chi connectivity index (χ0) is 16.2. The van der Waals surface area contributed by atoms with Crippen molar-refractivity contribution >= 4 is 45.3 Å². The van der Waals surface area contributed by atoms with Crippen LogP contribution in [0.4, 0.5) is 10.8 Å². The van der Waals surface area contributed by atoms with E-state index in [4.69, 9.17) is 0 Å². The van der Waals surface area contributed by atoms with Gasteiger partial charge in [-0.25, -0.2) is 4.98 Å². The number of carbonyl (C=O) groups is 2. The molecule has 2 N–H and O–H groups in total. The number of aromatic nitrogens is 1. The highest BCUT2D eigenvalue weighted by Gasteiger charge is 2.11. The molecule has 0 spiro atoms. The lowest BCUT2D eigenvalue weighted by atomic mass is 10.2. The smallest absolute Gasteiger partial charge is 0.265 e. The van der Waals surface area contributed by atoms with E-state index in [1.54, 1.807) is 36.5 Å². The lowest BCUT2D eigenvalue weighted by Crippen LogP contribution is -2.14. The molecule has 3 rings (SSSR count). The van der Waals surface area contributed by atoms with Gasteiger partial charge in [0, 0.05) is 22.3 Å². The Morgan fingerprint density at radius 2 is 1.96 bits per heavy atom. The van der Waals surface area contributed by atoms with Crippen molar-refractivity contribution in [3.63, 3.8) is 0 Å². The third-order valence-corrected chi connectivity index (χ3v) is 4.67. The summed E-state index contributed by atoms with van der Waals surface area (Å²) in [4.78, 5) is 30.0. The van der Waals surface area contributed by atoms with Gasteiger partial charge in [0.25, 0.3) is 11.8 Å². The Labute approximate surface area is 141 Å².